The van der Waals surface area contributed by atoms with Crippen molar-refractivity contribution >= 4 is 85.1 Å². The van der Waals surface area contributed by atoms with Crippen LogP contribution in [0.4, 0.5) is 4.79 Å². The number of methoxy groups -OCH3 is 1. The number of ether oxygens (including phenoxy) is 2. The summed E-state index contributed by atoms with van der Waals surface area (Å²) in [5.41, 5.74) is 1.82. The number of carbonyl (C=O) groups is 3. The van der Waals surface area contributed by atoms with E-state index in [1.54, 1.807) is 42.5 Å². The van der Waals surface area contributed by atoms with E-state index in [2.05, 4.69) is 15.9 Å². The minimum Gasteiger partial charge on any atom is -0.493 e. The van der Waals surface area contributed by atoms with Crippen molar-refractivity contribution in [2.45, 2.75) is 6.54 Å². The molecule has 0 radical (unpaired) electrons. The molecule has 0 saturated carbocycles. The zero-order valence-electron chi connectivity index (χ0n) is 18.1. The SMILES string of the molecule is COc1cc(/C=C2\SC(=O)N(Cc3ccc(Br)cc3)C2=O)cc(I)c1OC(=O)c1ccc(Cl)cc1. The standard InChI is InChI=1S/C25H16BrClINO5S/c1-33-20-11-15(10-19(28)22(20)34-24(31)16-4-8-18(27)9-5-16)12-21-23(30)29(25(32)35-21)13-14-2-6-17(26)7-3-14/h2-12H,13H2,1H3/b21-12-. The predicted octanol–water partition coefficient (Wildman–Crippen LogP) is 7.17. The second-order valence-electron chi connectivity index (χ2n) is 7.32. The second kappa shape index (κ2) is 11.2. The molecule has 6 nitrogen and oxygen atoms in total. The molecular formula is C25H16BrClINO5S. The molecule has 0 N–H and O–H groups in total. The van der Waals surface area contributed by atoms with Crippen LogP contribution in [0.5, 0.6) is 11.5 Å². The lowest BCUT2D eigenvalue weighted by Gasteiger charge is -2.13. The van der Waals surface area contributed by atoms with Gasteiger partial charge in [-0.2, -0.15) is 0 Å². The summed E-state index contributed by atoms with van der Waals surface area (Å²) in [7, 11) is 1.46. The van der Waals surface area contributed by atoms with Gasteiger partial charge in [0, 0.05) is 9.50 Å². The van der Waals surface area contributed by atoms with Crippen molar-refractivity contribution < 1.29 is 23.9 Å². The molecule has 4 rings (SSSR count). The molecule has 1 fully saturated rings. The number of nitrogens with zero attached hydrogens (tertiary/aromatic N) is 1. The minimum absolute atomic E-state index is 0.190. The van der Waals surface area contributed by atoms with Gasteiger partial charge in [-0.25, -0.2) is 4.79 Å². The molecule has 0 bridgehead atoms. The predicted molar refractivity (Wildman–Crippen MR) is 148 cm³/mol. The zero-order chi connectivity index (χ0) is 25.1. The Kier molecular flexibility index (Phi) is 8.20. The quantitative estimate of drug-likeness (QED) is 0.119. The maximum atomic E-state index is 12.9. The summed E-state index contributed by atoms with van der Waals surface area (Å²) >= 11 is 12.2. The summed E-state index contributed by atoms with van der Waals surface area (Å²) in [6.07, 6.45) is 1.63. The van der Waals surface area contributed by atoms with Gasteiger partial charge in [0.2, 0.25) is 0 Å². The Balaban J connectivity index is 1.55. The van der Waals surface area contributed by atoms with Crippen LogP contribution in [0.3, 0.4) is 0 Å². The number of thioether (sulfide) groups is 1. The van der Waals surface area contributed by atoms with Crippen molar-refractivity contribution in [1.82, 2.24) is 4.90 Å². The Morgan fingerprint density at radius 1 is 1.11 bits per heavy atom. The lowest BCUT2D eigenvalue weighted by atomic mass is 10.1. The van der Waals surface area contributed by atoms with Gasteiger partial charge in [0.05, 0.1) is 27.7 Å². The molecule has 2 amide bonds. The minimum atomic E-state index is -0.556. The molecule has 1 saturated heterocycles. The van der Waals surface area contributed by atoms with Gasteiger partial charge in [-0.1, -0.05) is 39.7 Å². The number of halogens is 3. The van der Waals surface area contributed by atoms with Gasteiger partial charge in [-0.15, -0.1) is 0 Å². The van der Waals surface area contributed by atoms with E-state index in [-0.39, 0.29) is 23.4 Å². The summed E-state index contributed by atoms with van der Waals surface area (Å²) in [5.74, 6) is -0.345. The Morgan fingerprint density at radius 3 is 2.46 bits per heavy atom. The Bertz CT molecular complexity index is 1350. The van der Waals surface area contributed by atoms with Crippen LogP contribution in [-0.4, -0.2) is 29.1 Å². The van der Waals surface area contributed by atoms with Gasteiger partial charge in [-0.05, 0) is 100 Å². The Morgan fingerprint density at radius 2 is 1.80 bits per heavy atom. The fraction of sp³-hybridized carbons (Fsp3) is 0.0800. The van der Waals surface area contributed by atoms with Gasteiger partial charge >= 0.3 is 5.97 Å². The topological polar surface area (TPSA) is 72.9 Å². The third-order valence-corrected chi connectivity index (χ3v) is 7.44. The highest BCUT2D eigenvalue weighted by Gasteiger charge is 2.35. The number of imide groups is 1. The van der Waals surface area contributed by atoms with Crippen molar-refractivity contribution in [3.8, 4) is 11.5 Å². The molecule has 0 atom stereocenters. The third-order valence-electron chi connectivity index (χ3n) is 4.95. The summed E-state index contributed by atoms with van der Waals surface area (Å²) < 4.78 is 12.5. The van der Waals surface area contributed by atoms with Crippen molar-refractivity contribution in [2.75, 3.05) is 7.11 Å². The first kappa shape index (κ1) is 25.7. The molecule has 1 heterocycles. The van der Waals surface area contributed by atoms with E-state index in [4.69, 9.17) is 21.1 Å². The molecule has 1 aliphatic rings. The molecule has 0 spiro atoms. The van der Waals surface area contributed by atoms with Crippen LogP contribution in [-0.2, 0) is 11.3 Å². The third kappa shape index (κ3) is 6.08. The first-order valence-corrected chi connectivity index (χ1v) is 13.2. The van der Waals surface area contributed by atoms with Crippen LogP contribution in [0.25, 0.3) is 6.08 Å². The second-order valence-corrected chi connectivity index (χ2v) is 10.8. The fourth-order valence-corrected chi connectivity index (χ4v) is 5.18. The molecule has 35 heavy (non-hydrogen) atoms. The zero-order valence-corrected chi connectivity index (χ0v) is 23.4. The Hall–Kier alpha value is -2.34. The highest BCUT2D eigenvalue weighted by atomic mass is 127. The van der Waals surface area contributed by atoms with E-state index >= 15 is 0 Å². The van der Waals surface area contributed by atoms with Crippen LogP contribution < -0.4 is 9.47 Å². The van der Waals surface area contributed by atoms with E-state index in [1.165, 1.54) is 12.0 Å². The lowest BCUT2D eigenvalue weighted by molar-refractivity contribution is -0.123. The number of rotatable bonds is 6. The summed E-state index contributed by atoms with van der Waals surface area (Å²) in [5, 5.41) is 0.179. The Labute approximate surface area is 232 Å². The summed E-state index contributed by atoms with van der Waals surface area (Å²) in [6, 6.07) is 17.2. The number of hydrogen-bond acceptors (Lipinski definition) is 6. The van der Waals surface area contributed by atoms with Crippen molar-refractivity contribution in [2.24, 2.45) is 0 Å². The van der Waals surface area contributed by atoms with Crippen molar-refractivity contribution in [1.29, 1.82) is 0 Å². The van der Waals surface area contributed by atoms with E-state index in [0.717, 1.165) is 21.8 Å². The fourth-order valence-electron chi connectivity index (χ4n) is 3.22. The number of amides is 2. The maximum absolute atomic E-state index is 12.9. The van der Waals surface area contributed by atoms with Gasteiger partial charge < -0.3 is 9.47 Å². The monoisotopic (exact) mass is 683 g/mol. The van der Waals surface area contributed by atoms with E-state index in [9.17, 15) is 14.4 Å². The van der Waals surface area contributed by atoms with E-state index in [0.29, 0.717) is 30.4 Å². The molecule has 3 aromatic carbocycles. The van der Waals surface area contributed by atoms with Crippen LogP contribution in [0.1, 0.15) is 21.5 Å². The molecule has 0 aromatic heterocycles. The first-order valence-electron chi connectivity index (χ1n) is 10.1. The maximum Gasteiger partial charge on any atom is 0.343 e. The summed E-state index contributed by atoms with van der Waals surface area (Å²) in [4.78, 5) is 39.5. The molecular weight excluding hydrogens is 669 g/mol. The van der Waals surface area contributed by atoms with Crippen molar-refractivity contribution in [3.05, 3.63) is 95.3 Å². The van der Waals surface area contributed by atoms with Gasteiger partial charge in [0.1, 0.15) is 0 Å². The smallest absolute Gasteiger partial charge is 0.343 e. The molecule has 0 unspecified atom stereocenters. The van der Waals surface area contributed by atoms with Crippen LogP contribution in [0, 0.1) is 3.57 Å². The van der Waals surface area contributed by atoms with Crippen LogP contribution in [0.2, 0.25) is 5.02 Å². The van der Waals surface area contributed by atoms with Crippen LogP contribution >= 0.6 is 61.9 Å². The van der Waals surface area contributed by atoms with E-state index in [1.807, 2.05) is 46.9 Å². The van der Waals surface area contributed by atoms with Crippen LogP contribution in [0.15, 0.2) is 70.0 Å². The summed E-state index contributed by atoms with van der Waals surface area (Å²) in [6.45, 7) is 0.190. The molecule has 1 aliphatic heterocycles. The molecule has 10 heteroatoms. The molecule has 3 aromatic rings. The number of benzene rings is 3. The highest BCUT2D eigenvalue weighted by molar-refractivity contribution is 14.1. The first-order chi connectivity index (χ1) is 16.7. The van der Waals surface area contributed by atoms with E-state index < -0.39 is 5.97 Å². The lowest BCUT2D eigenvalue weighted by Crippen LogP contribution is -2.27. The molecule has 178 valence electrons. The largest absolute Gasteiger partial charge is 0.493 e. The van der Waals surface area contributed by atoms with Crippen molar-refractivity contribution in [3.63, 3.8) is 0 Å². The molecule has 0 aliphatic carbocycles. The number of carbonyl (C=O) groups excluding carboxylic acids is 3. The highest BCUT2D eigenvalue weighted by Crippen LogP contribution is 2.38. The van der Waals surface area contributed by atoms with Gasteiger partial charge in [0.15, 0.2) is 11.5 Å². The number of hydrogen-bond donors (Lipinski definition) is 0. The normalized spacial score (nSPS) is 14.5. The van der Waals surface area contributed by atoms with Gasteiger partial charge in [-0.3, -0.25) is 14.5 Å². The average Bonchev–Trinajstić information content (AvgIpc) is 3.09. The average molecular weight is 685 g/mol. The van der Waals surface area contributed by atoms with Gasteiger partial charge in [0.25, 0.3) is 11.1 Å². The number of esters is 1.